The van der Waals surface area contributed by atoms with Crippen LogP contribution in [0.2, 0.25) is 0 Å². The number of anilines is 1. The number of amides is 2. The molecule has 1 fully saturated rings. The van der Waals surface area contributed by atoms with E-state index in [1.165, 1.54) is 0 Å². The van der Waals surface area contributed by atoms with Gasteiger partial charge in [0.05, 0.1) is 6.04 Å². The van der Waals surface area contributed by atoms with Gasteiger partial charge >= 0.3 is 0 Å². The van der Waals surface area contributed by atoms with E-state index >= 15 is 0 Å². The molecule has 1 aliphatic rings. The van der Waals surface area contributed by atoms with Crippen LogP contribution in [0.5, 0.6) is 5.75 Å². The zero-order chi connectivity index (χ0) is 20.4. The fourth-order valence-electron chi connectivity index (χ4n) is 3.82. The van der Waals surface area contributed by atoms with Gasteiger partial charge in [-0.3, -0.25) is 14.5 Å². The molecule has 4 rings (SSSR count). The highest BCUT2D eigenvalue weighted by molar-refractivity contribution is 6.08. The Bertz CT molecular complexity index is 1080. The third kappa shape index (κ3) is 3.90. The summed E-state index contributed by atoms with van der Waals surface area (Å²) < 4.78 is 0. The van der Waals surface area contributed by atoms with E-state index in [9.17, 15) is 14.7 Å². The number of aromatic hydroxyl groups is 1. The van der Waals surface area contributed by atoms with Crippen LogP contribution >= 0.6 is 0 Å². The number of likely N-dealkylation sites (tertiary alicyclic amines) is 1. The van der Waals surface area contributed by atoms with Crippen molar-refractivity contribution in [1.29, 1.82) is 0 Å². The molecule has 1 aromatic heterocycles. The van der Waals surface area contributed by atoms with Crippen LogP contribution in [0, 0.1) is 0 Å². The predicted molar refractivity (Wildman–Crippen MR) is 110 cm³/mol. The van der Waals surface area contributed by atoms with Crippen molar-refractivity contribution in [3.63, 3.8) is 0 Å². The van der Waals surface area contributed by atoms with Crippen molar-refractivity contribution in [2.75, 3.05) is 11.9 Å². The lowest BCUT2D eigenvalue weighted by molar-refractivity contribution is -0.122. The second kappa shape index (κ2) is 7.89. The van der Waals surface area contributed by atoms with E-state index in [1.807, 2.05) is 30.3 Å². The third-order valence-electron chi connectivity index (χ3n) is 5.25. The molecule has 3 aromatic rings. The van der Waals surface area contributed by atoms with Crippen molar-refractivity contribution in [2.24, 2.45) is 5.73 Å². The Morgan fingerprint density at radius 2 is 2.03 bits per heavy atom. The van der Waals surface area contributed by atoms with Gasteiger partial charge in [0.2, 0.25) is 5.91 Å². The average molecular weight is 390 g/mol. The Morgan fingerprint density at radius 3 is 2.86 bits per heavy atom. The summed E-state index contributed by atoms with van der Waals surface area (Å²) in [5, 5.41) is 14.6. The Balaban J connectivity index is 1.51. The third-order valence-corrected chi connectivity index (χ3v) is 5.25. The number of carbonyl (C=O) groups excluding carboxylic acids is 2. The van der Waals surface area contributed by atoms with Crippen LogP contribution < -0.4 is 11.1 Å². The molecule has 7 nitrogen and oxygen atoms in total. The number of pyridine rings is 1. The summed E-state index contributed by atoms with van der Waals surface area (Å²) in [6.45, 7) is 1.40. The molecule has 2 aromatic carbocycles. The molecule has 148 valence electrons. The highest BCUT2D eigenvalue weighted by Crippen LogP contribution is 2.27. The van der Waals surface area contributed by atoms with Crippen LogP contribution in [0.15, 0.2) is 54.7 Å². The number of hydrogen-bond acceptors (Lipinski definition) is 5. The van der Waals surface area contributed by atoms with E-state index in [1.54, 1.807) is 24.4 Å². The second-order valence-electron chi connectivity index (χ2n) is 7.23. The fraction of sp³-hybridized carbons (Fsp3) is 0.227. The average Bonchev–Trinajstić information content (AvgIpc) is 3.17. The van der Waals surface area contributed by atoms with Crippen LogP contribution in [0.4, 0.5) is 5.69 Å². The first-order valence-corrected chi connectivity index (χ1v) is 9.53. The summed E-state index contributed by atoms with van der Waals surface area (Å²) in [4.78, 5) is 30.4. The predicted octanol–water partition coefficient (Wildman–Crippen LogP) is 2.64. The van der Waals surface area contributed by atoms with Crippen molar-refractivity contribution < 1.29 is 14.7 Å². The molecule has 0 spiro atoms. The lowest BCUT2D eigenvalue weighted by Gasteiger charge is -2.22. The molecule has 0 radical (unpaired) electrons. The standard InChI is InChI=1S/C22H22N4O3/c23-21(28)18-9-4-10-26(18)13-14-5-3-7-16(11-14)25-22(29)19-20(27)17-8-2-1-6-15(17)12-24-19/h1-3,5-8,11-12,18,27H,4,9-10,13H2,(H2,23,28)(H,25,29). The Morgan fingerprint density at radius 1 is 1.21 bits per heavy atom. The van der Waals surface area contributed by atoms with Gasteiger partial charge in [0.1, 0.15) is 0 Å². The molecule has 1 unspecified atom stereocenters. The van der Waals surface area contributed by atoms with Gasteiger partial charge in [-0.1, -0.05) is 36.4 Å². The number of fused-ring (bicyclic) bond motifs is 1. The van der Waals surface area contributed by atoms with E-state index in [2.05, 4.69) is 15.2 Å². The fourth-order valence-corrected chi connectivity index (χ4v) is 3.82. The summed E-state index contributed by atoms with van der Waals surface area (Å²) in [6.07, 6.45) is 3.29. The molecule has 1 aliphatic heterocycles. The zero-order valence-corrected chi connectivity index (χ0v) is 15.8. The first kappa shape index (κ1) is 18.9. The normalized spacial score (nSPS) is 16.8. The van der Waals surface area contributed by atoms with E-state index < -0.39 is 5.91 Å². The largest absolute Gasteiger partial charge is 0.505 e. The van der Waals surface area contributed by atoms with Gasteiger partial charge in [-0.05, 0) is 37.1 Å². The lowest BCUT2D eigenvalue weighted by atomic mass is 10.1. The maximum atomic E-state index is 12.7. The molecule has 0 saturated carbocycles. The molecule has 29 heavy (non-hydrogen) atoms. The molecular formula is C22H22N4O3. The minimum Gasteiger partial charge on any atom is -0.505 e. The number of nitrogens with one attached hydrogen (secondary N) is 1. The highest BCUT2D eigenvalue weighted by Gasteiger charge is 2.28. The molecule has 0 aliphatic carbocycles. The Labute approximate surface area is 168 Å². The number of nitrogens with zero attached hydrogens (tertiary/aromatic N) is 2. The number of rotatable bonds is 5. The maximum absolute atomic E-state index is 12.7. The molecular weight excluding hydrogens is 368 g/mol. The maximum Gasteiger partial charge on any atom is 0.278 e. The first-order valence-electron chi connectivity index (χ1n) is 9.53. The SMILES string of the molecule is NC(=O)C1CCCN1Cc1cccc(NC(=O)c2ncc3ccccc3c2O)c1. The van der Waals surface area contributed by atoms with Crippen molar-refractivity contribution >= 4 is 28.3 Å². The smallest absolute Gasteiger partial charge is 0.278 e. The summed E-state index contributed by atoms with van der Waals surface area (Å²) in [5.41, 5.74) is 7.02. The number of nitrogens with two attached hydrogens (primary N) is 1. The van der Waals surface area contributed by atoms with E-state index in [0.29, 0.717) is 17.6 Å². The monoisotopic (exact) mass is 390 g/mol. The van der Waals surface area contributed by atoms with Crippen LogP contribution in [-0.2, 0) is 11.3 Å². The zero-order valence-electron chi connectivity index (χ0n) is 15.8. The van der Waals surface area contributed by atoms with Gasteiger partial charge in [0.15, 0.2) is 11.4 Å². The molecule has 2 heterocycles. The number of aromatic nitrogens is 1. The Hall–Kier alpha value is -3.45. The van der Waals surface area contributed by atoms with E-state index in [4.69, 9.17) is 5.73 Å². The summed E-state index contributed by atoms with van der Waals surface area (Å²) >= 11 is 0. The van der Waals surface area contributed by atoms with Crippen molar-refractivity contribution in [3.8, 4) is 5.75 Å². The molecule has 4 N–H and O–H groups in total. The number of hydrogen-bond donors (Lipinski definition) is 3. The minimum atomic E-state index is -0.485. The van der Waals surface area contributed by atoms with Crippen LogP contribution in [0.1, 0.15) is 28.9 Å². The van der Waals surface area contributed by atoms with Gasteiger partial charge in [-0.15, -0.1) is 0 Å². The highest BCUT2D eigenvalue weighted by atomic mass is 16.3. The molecule has 1 saturated heterocycles. The summed E-state index contributed by atoms with van der Waals surface area (Å²) in [5.74, 6) is -0.926. The second-order valence-corrected chi connectivity index (χ2v) is 7.23. The Kier molecular flexibility index (Phi) is 5.14. The van der Waals surface area contributed by atoms with Crippen molar-refractivity contribution in [1.82, 2.24) is 9.88 Å². The van der Waals surface area contributed by atoms with Gasteiger partial charge < -0.3 is 16.2 Å². The molecule has 7 heteroatoms. The van der Waals surface area contributed by atoms with Crippen LogP contribution in [0.3, 0.4) is 0 Å². The van der Waals surface area contributed by atoms with E-state index in [-0.39, 0.29) is 23.4 Å². The van der Waals surface area contributed by atoms with E-state index in [0.717, 1.165) is 30.3 Å². The quantitative estimate of drug-likeness (QED) is 0.621. The van der Waals surface area contributed by atoms with Crippen LogP contribution in [0.25, 0.3) is 10.8 Å². The number of benzene rings is 2. The van der Waals surface area contributed by atoms with Crippen molar-refractivity contribution in [2.45, 2.75) is 25.4 Å². The minimum absolute atomic E-state index is 0.0255. The van der Waals surface area contributed by atoms with Gasteiger partial charge in [0.25, 0.3) is 5.91 Å². The number of primary amides is 1. The molecule has 2 amide bonds. The first-order chi connectivity index (χ1) is 14.0. The summed E-state index contributed by atoms with van der Waals surface area (Å²) in [7, 11) is 0. The van der Waals surface area contributed by atoms with Gasteiger partial charge in [-0.2, -0.15) is 0 Å². The topological polar surface area (TPSA) is 109 Å². The van der Waals surface area contributed by atoms with Crippen LogP contribution in [-0.4, -0.2) is 39.4 Å². The van der Waals surface area contributed by atoms with Gasteiger partial charge in [-0.25, -0.2) is 4.98 Å². The molecule has 0 bridgehead atoms. The number of carbonyl (C=O) groups is 2. The summed E-state index contributed by atoms with van der Waals surface area (Å²) in [6, 6.07) is 14.4. The molecule has 1 atom stereocenters. The lowest BCUT2D eigenvalue weighted by Crippen LogP contribution is -2.39. The van der Waals surface area contributed by atoms with Gasteiger partial charge in [0, 0.05) is 29.2 Å². The van der Waals surface area contributed by atoms with Crippen molar-refractivity contribution in [3.05, 3.63) is 66.0 Å².